The van der Waals surface area contributed by atoms with Gasteiger partial charge in [-0.3, -0.25) is 4.79 Å². The molecule has 0 amide bonds. The molecule has 162 valence electrons. The fraction of sp³-hybridized carbons (Fsp3) is 0.480. The Hall–Kier alpha value is -1.95. The molecule has 1 aliphatic rings. The number of carbonyl (C=O) groups excluding carboxylic acids is 1. The molecule has 3 rings (SSSR count). The molecule has 30 heavy (non-hydrogen) atoms. The highest BCUT2D eigenvalue weighted by Crippen LogP contribution is 2.41. The van der Waals surface area contributed by atoms with Crippen molar-refractivity contribution >= 4 is 24.7 Å². The zero-order valence-electron chi connectivity index (χ0n) is 18.7. The van der Waals surface area contributed by atoms with Crippen LogP contribution in [0.15, 0.2) is 60.7 Å². The summed E-state index contributed by atoms with van der Waals surface area (Å²) in [5.74, 6) is -0.672. The summed E-state index contributed by atoms with van der Waals surface area (Å²) in [7, 11) is -1.34. The van der Waals surface area contributed by atoms with Gasteiger partial charge in [0, 0.05) is 5.92 Å². The van der Waals surface area contributed by atoms with Crippen molar-refractivity contribution in [1.29, 1.82) is 0 Å². The quantitative estimate of drug-likeness (QED) is 0.587. The number of esters is 1. The van der Waals surface area contributed by atoms with Gasteiger partial charge in [-0.05, 0) is 28.3 Å². The molecule has 5 heteroatoms. The number of methoxy groups -OCH3 is 1. The fourth-order valence-corrected chi connectivity index (χ4v) is 9.56. The normalized spacial score (nSPS) is 25.0. The molecule has 0 saturated heterocycles. The number of benzene rings is 2. The summed E-state index contributed by atoms with van der Waals surface area (Å²) in [4.78, 5) is 12.3. The first kappa shape index (κ1) is 22.7. The number of hydrogen-bond donors (Lipinski definition) is 1. The predicted octanol–water partition coefficient (Wildman–Crippen LogP) is 3.51. The van der Waals surface area contributed by atoms with Crippen molar-refractivity contribution in [2.45, 2.75) is 57.8 Å². The first-order valence-corrected chi connectivity index (χ1v) is 12.7. The van der Waals surface area contributed by atoms with Crippen molar-refractivity contribution in [1.82, 2.24) is 0 Å². The SMILES string of the molecule is COC(=O)[C@H]1CC(O)[C@@H](C)[C@@H](O[Si](c2ccccc2)(c2ccccc2)C(C)(C)C)C1. The van der Waals surface area contributed by atoms with Gasteiger partial charge in [-0.2, -0.15) is 0 Å². The Morgan fingerprint density at radius 1 is 0.967 bits per heavy atom. The molecule has 1 saturated carbocycles. The molecule has 4 atom stereocenters. The van der Waals surface area contributed by atoms with E-state index in [9.17, 15) is 9.90 Å². The van der Waals surface area contributed by atoms with Gasteiger partial charge in [-0.25, -0.2) is 0 Å². The van der Waals surface area contributed by atoms with E-state index in [1.165, 1.54) is 17.5 Å². The van der Waals surface area contributed by atoms with Crippen LogP contribution < -0.4 is 10.4 Å². The second kappa shape index (κ2) is 9.04. The largest absolute Gasteiger partial charge is 0.469 e. The lowest BCUT2D eigenvalue weighted by Crippen LogP contribution is -2.68. The maximum atomic E-state index is 12.3. The molecule has 1 N–H and O–H groups in total. The van der Waals surface area contributed by atoms with E-state index >= 15 is 0 Å². The molecular weight excluding hydrogens is 392 g/mol. The number of rotatable bonds is 5. The molecule has 2 aromatic carbocycles. The third-order valence-electron chi connectivity index (χ3n) is 6.52. The first-order valence-electron chi connectivity index (χ1n) is 10.8. The minimum atomic E-state index is -2.75. The van der Waals surface area contributed by atoms with E-state index in [4.69, 9.17) is 9.16 Å². The second-order valence-electron chi connectivity index (χ2n) is 9.44. The average Bonchev–Trinajstić information content (AvgIpc) is 2.74. The lowest BCUT2D eigenvalue weighted by molar-refractivity contribution is -0.151. The topological polar surface area (TPSA) is 55.8 Å². The highest BCUT2D eigenvalue weighted by molar-refractivity contribution is 6.99. The highest BCUT2D eigenvalue weighted by atomic mass is 28.4. The van der Waals surface area contributed by atoms with E-state index in [1.54, 1.807) is 0 Å². The van der Waals surface area contributed by atoms with Crippen LogP contribution in [-0.2, 0) is 14.0 Å². The van der Waals surface area contributed by atoms with Gasteiger partial charge in [0.05, 0.1) is 25.2 Å². The van der Waals surface area contributed by atoms with E-state index in [0.29, 0.717) is 12.8 Å². The number of aliphatic hydroxyl groups is 1. The third-order valence-corrected chi connectivity index (χ3v) is 11.6. The van der Waals surface area contributed by atoms with Crippen molar-refractivity contribution < 1.29 is 19.1 Å². The van der Waals surface area contributed by atoms with Gasteiger partial charge in [0.15, 0.2) is 0 Å². The maximum Gasteiger partial charge on any atom is 0.308 e. The lowest BCUT2D eigenvalue weighted by Gasteiger charge is -2.48. The van der Waals surface area contributed by atoms with E-state index in [-0.39, 0.29) is 28.9 Å². The van der Waals surface area contributed by atoms with E-state index in [0.717, 1.165) is 0 Å². The molecule has 1 aliphatic carbocycles. The molecule has 0 bridgehead atoms. The van der Waals surface area contributed by atoms with Crippen LogP contribution in [0.25, 0.3) is 0 Å². The van der Waals surface area contributed by atoms with Crippen LogP contribution in [0.3, 0.4) is 0 Å². The summed E-state index contributed by atoms with van der Waals surface area (Å²) >= 11 is 0. The minimum absolute atomic E-state index is 0.0624. The summed E-state index contributed by atoms with van der Waals surface area (Å²) in [6.07, 6.45) is 0.166. The predicted molar refractivity (Wildman–Crippen MR) is 122 cm³/mol. The summed E-state index contributed by atoms with van der Waals surface area (Å²) in [6.45, 7) is 8.74. The minimum Gasteiger partial charge on any atom is -0.469 e. The Morgan fingerprint density at radius 3 is 1.90 bits per heavy atom. The molecule has 0 heterocycles. The molecule has 2 aromatic rings. The number of ether oxygens (including phenoxy) is 1. The summed E-state index contributed by atoms with van der Waals surface area (Å²) in [6, 6.07) is 20.9. The molecule has 1 unspecified atom stereocenters. The molecular formula is C25H34O4Si. The molecule has 4 nitrogen and oxygen atoms in total. The zero-order chi connectivity index (χ0) is 21.9. The Bertz CT molecular complexity index is 792. The lowest BCUT2D eigenvalue weighted by atomic mass is 9.79. The number of carbonyl (C=O) groups is 1. The molecule has 0 radical (unpaired) electrons. The van der Waals surface area contributed by atoms with Gasteiger partial charge in [-0.1, -0.05) is 88.4 Å². The molecule has 0 aromatic heterocycles. The summed E-state index contributed by atoms with van der Waals surface area (Å²) in [5.41, 5.74) is 0. The molecule has 0 spiro atoms. The number of hydrogen-bond acceptors (Lipinski definition) is 4. The van der Waals surface area contributed by atoms with Crippen LogP contribution in [0, 0.1) is 11.8 Å². The molecule has 1 fully saturated rings. The van der Waals surface area contributed by atoms with E-state index in [2.05, 4.69) is 69.3 Å². The number of aliphatic hydroxyl groups excluding tert-OH is 1. The smallest absolute Gasteiger partial charge is 0.308 e. The van der Waals surface area contributed by atoms with Gasteiger partial charge in [0.2, 0.25) is 0 Å². The highest BCUT2D eigenvalue weighted by Gasteiger charge is 2.53. The van der Waals surface area contributed by atoms with Crippen molar-refractivity contribution in [2.24, 2.45) is 11.8 Å². The zero-order valence-corrected chi connectivity index (χ0v) is 19.7. The average molecular weight is 427 g/mol. The third kappa shape index (κ3) is 4.24. The standard InChI is InChI=1S/C25H34O4Si/c1-18-22(26)16-19(24(27)28-5)17-23(18)29-30(25(2,3)4,20-12-8-6-9-13-20)21-14-10-7-11-15-21/h6-15,18-19,22-23,26H,16-17H2,1-5H3/t18-,19+,22?,23+/m1/s1. The van der Waals surface area contributed by atoms with Crippen LogP contribution in [0.5, 0.6) is 0 Å². The van der Waals surface area contributed by atoms with Crippen LogP contribution in [0.2, 0.25) is 5.04 Å². The molecule has 0 aliphatic heterocycles. The Kier molecular flexibility index (Phi) is 6.85. The van der Waals surface area contributed by atoms with Crippen LogP contribution >= 0.6 is 0 Å². The van der Waals surface area contributed by atoms with Gasteiger partial charge in [-0.15, -0.1) is 0 Å². The monoisotopic (exact) mass is 426 g/mol. The van der Waals surface area contributed by atoms with Gasteiger partial charge >= 0.3 is 5.97 Å². The Labute approximate surface area is 181 Å². The maximum absolute atomic E-state index is 12.3. The van der Waals surface area contributed by atoms with Gasteiger partial charge in [0.1, 0.15) is 0 Å². The van der Waals surface area contributed by atoms with Crippen molar-refractivity contribution in [3.63, 3.8) is 0 Å². The summed E-state index contributed by atoms with van der Waals surface area (Å²) < 4.78 is 12.2. The summed E-state index contributed by atoms with van der Waals surface area (Å²) in [5, 5.41) is 13.0. The van der Waals surface area contributed by atoms with Crippen LogP contribution in [0.1, 0.15) is 40.5 Å². The van der Waals surface area contributed by atoms with Crippen molar-refractivity contribution in [2.75, 3.05) is 7.11 Å². The van der Waals surface area contributed by atoms with Crippen molar-refractivity contribution in [3.8, 4) is 0 Å². The second-order valence-corrected chi connectivity index (χ2v) is 13.7. The fourth-order valence-electron chi connectivity index (χ4n) is 4.78. The van der Waals surface area contributed by atoms with Crippen molar-refractivity contribution in [3.05, 3.63) is 60.7 Å². The van der Waals surface area contributed by atoms with E-state index < -0.39 is 14.4 Å². The Morgan fingerprint density at radius 2 is 1.47 bits per heavy atom. The van der Waals surface area contributed by atoms with Crippen LogP contribution in [-0.4, -0.2) is 38.7 Å². The van der Waals surface area contributed by atoms with Gasteiger partial charge < -0.3 is 14.3 Å². The van der Waals surface area contributed by atoms with E-state index in [1.807, 2.05) is 19.1 Å². The van der Waals surface area contributed by atoms with Crippen LogP contribution in [0.4, 0.5) is 0 Å². The Balaban J connectivity index is 2.12. The first-order chi connectivity index (χ1) is 14.2. The van der Waals surface area contributed by atoms with Gasteiger partial charge in [0.25, 0.3) is 8.32 Å².